The lowest BCUT2D eigenvalue weighted by Gasteiger charge is -2.12. The molecule has 0 fully saturated rings. The lowest BCUT2D eigenvalue weighted by Crippen LogP contribution is -2.13. The van der Waals surface area contributed by atoms with Crippen molar-refractivity contribution in [2.75, 3.05) is 13.7 Å². The average molecular weight is 284 g/mol. The maximum atomic E-state index is 5.33. The van der Waals surface area contributed by atoms with Crippen LogP contribution >= 0.6 is 0 Å². The summed E-state index contributed by atoms with van der Waals surface area (Å²) in [5.74, 6) is 0.904. The first-order valence-electron chi connectivity index (χ1n) is 7.57. The zero-order valence-electron chi connectivity index (χ0n) is 13.1. The Balaban J connectivity index is 2.20. The van der Waals surface area contributed by atoms with E-state index in [4.69, 9.17) is 4.74 Å². The lowest BCUT2D eigenvalue weighted by molar-refractivity contribution is 0.414. The molecule has 0 saturated heterocycles. The number of benzene rings is 1. The number of nitrogens with zero attached hydrogens (tertiary/aromatic N) is 1. The molecule has 0 unspecified atom stereocenters. The molecule has 0 atom stereocenters. The molecule has 1 N–H and O–H groups in total. The third-order valence-corrected chi connectivity index (χ3v) is 3.64. The van der Waals surface area contributed by atoms with Gasteiger partial charge in [-0.25, -0.2) is 0 Å². The van der Waals surface area contributed by atoms with Crippen molar-refractivity contribution in [2.45, 2.75) is 33.2 Å². The van der Waals surface area contributed by atoms with Crippen molar-refractivity contribution < 1.29 is 4.74 Å². The Kier molecular flexibility index (Phi) is 5.76. The normalized spacial score (nSPS) is 10.6. The summed E-state index contributed by atoms with van der Waals surface area (Å²) in [6, 6.07) is 10.6. The average Bonchev–Trinajstić information content (AvgIpc) is 2.54. The van der Waals surface area contributed by atoms with Crippen LogP contribution in [-0.4, -0.2) is 18.6 Å². The molecule has 0 aliphatic heterocycles. The summed E-state index contributed by atoms with van der Waals surface area (Å²) >= 11 is 0. The van der Waals surface area contributed by atoms with E-state index in [0.717, 1.165) is 37.4 Å². The summed E-state index contributed by atoms with van der Waals surface area (Å²) in [5.41, 5.74) is 4.96. The molecule has 2 aromatic rings. The number of nitrogens with one attached hydrogen (secondary N) is 1. The fourth-order valence-electron chi connectivity index (χ4n) is 2.29. The second kappa shape index (κ2) is 7.79. The smallest absolute Gasteiger partial charge is 0.119 e. The van der Waals surface area contributed by atoms with Crippen LogP contribution in [-0.2, 0) is 19.4 Å². The van der Waals surface area contributed by atoms with Crippen LogP contribution in [0.25, 0.3) is 0 Å². The van der Waals surface area contributed by atoms with Crippen LogP contribution in [0.5, 0.6) is 5.75 Å². The molecule has 0 radical (unpaired) electrons. The highest BCUT2D eigenvalue weighted by molar-refractivity contribution is 5.38. The molecule has 1 aromatic heterocycles. The minimum atomic E-state index is 0.856. The van der Waals surface area contributed by atoms with Crippen molar-refractivity contribution >= 4 is 0 Å². The van der Waals surface area contributed by atoms with Crippen molar-refractivity contribution in [2.24, 2.45) is 0 Å². The molecular weight excluding hydrogens is 260 g/mol. The van der Waals surface area contributed by atoms with Crippen LogP contribution in [0.4, 0.5) is 0 Å². The number of aromatic nitrogens is 1. The summed E-state index contributed by atoms with van der Waals surface area (Å²) in [6.07, 6.45) is 3.86. The van der Waals surface area contributed by atoms with Crippen molar-refractivity contribution in [3.63, 3.8) is 0 Å². The Morgan fingerprint density at radius 2 is 1.95 bits per heavy atom. The van der Waals surface area contributed by atoms with Gasteiger partial charge in [-0.3, -0.25) is 4.98 Å². The van der Waals surface area contributed by atoms with E-state index in [1.165, 1.54) is 16.7 Å². The topological polar surface area (TPSA) is 34.1 Å². The van der Waals surface area contributed by atoms with Gasteiger partial charge in [-0.2, -0.15) is 0 Å². The predicted octanol–water partition coefficient (Wildman–Crippen LogP) is 3.35. The van der Waals surface area contributed by atoms with Crippen LogP contribution in [0.15, 0.2) is 36.5 Å². The van der Waals surface area contributed by atoms with Crippen molar-refractivity contribution in [3.8, 4) is 5.75 Å². The van der Waals surface area contributed by atoms with E-state index in [2.05, 4.69) is 48.4 Å². The Morgan fingerprint density at radius 3 is 2.57 bits per heavy atom. The van der Waals surface area contributed by atoms with Crippen LogP contribution in [0, 0.1) is 0 Å². The SMILES string of the molecule is CCNCc1cc(OC)ccc1Cc1ccc(CC)cn1. The summed E-state index contributed by atoms with van der Waals surface area (Å²) in [5, 5.41) is 3.38. The van der Waals surface area contributed by atoms with Crippen LogP contribution < -0.4 is 10.1 Å². The lowest BCUT2D eigenvalue weighted by atomic mass is 10.0. The zero-order chi connectivity index (χ0) is 15.1. The number of aryl methyl sites for hydroxylation is 1. The molecule has 0 spiro atoms. The van der Waals surface area contributed by atoms with Gasteiger partial charge in [0.2, 0.25) is 0 Å². The van der Waals surface area contributed by atoms with Gasteiger partial charge in [-0.05, 0) is 47.9 Å². The van der Waals surface area contributed by atoms with Crippen molar-refractivity contribution in [1.82, 2.24) is 10.3 Å². The minimum absolute atomic E-state index is 0.856. The maximum absolute atomic E-state index is 5.33. The molecule has 0 amide bonds. The standard InChI is InChI=1S/C18H24N2O/c1-4-14-6-8-17(20-12-14)10-15-7-9-18(21-3)11-16(15)13-19-5-2/h6-9,11-12,19H,4-5,10,13H2,1-3H3. The van der Waals surface area contributed by atoms with Gasteiger partial charge < -0.3 is 10.1 Å². The highest BCUT2D eigenvalue weighted by Gasteiger charge is 2.06. The fourth-order valence-corrected chi connectivity index (χ4v) is 2.29. The third kappa shape index (κ3) is 4.30. The molecule has 0 aliphatic rings. The van der Waals surface area contributed by atoms with Gasteiger partial charge in [0.1, 0.15) is 5.75 Å². The molecule has 21 heavy (non-hydrogen) atoms. The second-order valence-corrected chi connectivity index (χ2v) is 5.10. The van der Waals surface area contributed by atoms with E-state index < -0.39 is 0 Å². The first kappa shape index (κ1) is 15.5. The van der Waals surface area contributed by atoms with E-state index in [1.54, 1.807) is 7.11 Å². The van der Waals surface area contributed by atoms with Gasteiger partial charge in [-0.15, -0.1) is 0 Å². The molecule has 0 aliphatic carbocycles. The quantitative estimate of drug-likeness (QED) is 0.846. The first-order valence-corrected chi connectivity index (χ1v) is 7.57. The Bertz CT molecular complexity index is 564. The zero-order valence-corrected chi connectivity index (χ0v) is 13.1. The van der Waals surface area contributed by atoms with E-state index in [1.807, 2.05) is 12.3 Å². The number of hydrogen-bond acceptors (Lipinski definition) is 3. The molecule has 3 heteroatoms. The summed E-state index contributed by atoms with van der Waals surface area (Å²) in [6.45, 7) is 6.08. The number of ether oxygens (including phenoxy) is 1. The Morgan fingerprint density at radius 1 is 1.10 bits per heavy atom. The van der Waals surface area contributed by atoms with Gasteiger partial charge >= 0.3 is 0 Å². The highest BCUT2D eigenvalue weighted by atomic mass is 16.5. The Hall–Kier alpha value is -1.87. The molecule has 0 saturated carbocycles. The van der Waals surface area contributed by atoms with Gasteiger partial charge in [0.25, 0.3) is 0 Å². The van der Waals surface area contributed by atoms with Gasteiger partial charge in [0, 0.05) is 24.9 Å². The molecular formula is C18H24N2O. The first-order chi connectivity index (χ1) is 10.3. The molecule has 112 valence electrons. The predicted molar refractivity (Wildman–Crippen MR) is 86.8 cm³/mol. The Labute approximate surface area is 127 Å². The fraction of sp³-hybridized carbons (Fsp3) is 0.389. The van der Waals surface area contributed by atoms with Crippen LogP contribution in [0.2, 0.25) is 0 Å². The molecule has 1 heterocycles. The van der Waals surface area contributed by atoms with E-state index in [0.29, 0.717) is 0 Å². The van der Waals surface area contributed by atoms with E-state index in [-0.39, 0.29) is 0 Å². The third-order valence-electron chi connectivity index (χ3n) is 3.64. The highest BCUT2D eigenvalue weighted by Crippen LogP contribution is 2.20. The molecule has 2 rings (SSSR count). The second-order valence-electron chi connectivity index (χ2n) is 5.10. The van der Waals surface area contributed by atoms with Gasteiger partial charge in [0.15, 0.2) is 0 Å². The summed E-state index contributed by atoms with van der Waals surface area (Å²) in [4.78, 5) is 4.56. The number of rotatable bonds is 7. The monoisotopic (exact) mass is 284 g/mol. The van der Waals surface area contributed by atoms with Crippen LogP contribution in [0.1, 0.15) is 36.2 Å². The maximum Gasteiger partial charge on any atom is 0.119 e. The molecule has 0 bridgehead atoms. The largest absolute Gasteiger partial charge is 0.497 e. The molecule has 3 nitrogen and oxygen atoms in total. The summed E-state index contributed by atoms with van der Waals surface area (Å²) < 4.78 is 5.33. The van der Waals surface area contributed by atoms with E-state index >= 15 is 0 Å². The minimum Gasteiger partial charge on any atom is -0.497 e. The van der Waals surface area contributed by atoms with Gasteiger partial charge in [0.05, 0.1) is 7.11 Å². The van der Waals surface area contributed by atoms with E-state index in [9.17, 15) is 0 Å². The summed E-state index contributed by atoms with van der Waals surface area (Å²) in [7, 11) is 1.71. The molecule has 1 aromatic carbocycles. The van der Waals surface area contributed by atoms with Crippen molar-refractivity contribution in [1.29, 1.82) is 0 Å². The van der Waals surface area contributed by atoms with Crippen LogP contribution in [0.3, 0.4) is 0 Å². The van der Waals surface area contributed by atoms with Crippen molar-refractivity contribution in [3.05, 3.63) is 58.9 Å². The van der Waals surface area contributed by atoms with Gasteiger partial charge in [-0.1, -0.05) is 26.0 Å². The number of hydrogen-bond donors (Lipinski definition) is 1. The number of methoxy groups -OCH3 is 1. The number of pyridine rings is 1.